The zero-order valence-corrected chi connectivity index (χ0v) is 14.3. The molecule has 1 aromatic carbocycles. The Labute approximate surface area is 143 Å². The fourth-order valence-electron chi connectivity index (χ4n) is 2.52. The zero-order valence-electron chi connectivity index (χ0n) is 13.5. The van der Waals surface area contributed by atoms with Gasteiger partial charge in [-0.1, -0.05) is 17.3 Å². The summed E-state index contributed by atoms with van der Waals surface area (Å²) < 4.78 is 55.7. The Morgan fingerprint density at radius 1 is 1.20 bits per heavy atom. The standard InChI is InChI=1S/C17H14F2N2O3S/c1-10-4-3-5-13(20-10)17-16(14(9-18)24-21-17)11-6-7-15(12(19)8-11)25(2,22)23/h3-8H,9H2,1-2H3. The number of rotatable bonds is 4. The van der Waals surface area contributed by atoms with Gasteiger partial charge in [-0.25, -0.2) is 17.2 Å². The van der Waals surface area contributed by atoms with Crippen LogP contribution in [0.25, 0.3) is 22.5 Å². The average Bonchev–Trinajstić information content (AvgIpc) is 2.97. The van der Waals surface area contributed by atoms with Gasteiger partial charge in [0.1, 0.15) is 16.4 Å². The van der Waals surface area contributed by atoms with E-state index in [1.165, 1.54) is 6.07 Å². The second-order valence-electron chi connectivity index (χ2n) is 5.54. The second kappa shape index (κ2) is 6.36. The van der Waals surface area contributed by atoms with E-state index in [1.807, 2.05) is 0 Å². The highest BCUT2D eigenvalue weighted by Crippen LogP contribution is 2.35. The molecule has 0 saturated carbocycles. The Bertz CT molecular complexity index is 1050. The van der Waals surface area contributed by atoms with Crippen LogP contribution in [-0.2, 0) is 16.5 Å². The summed E-state index contributed by atoms with van der Waals surface area (Å²) in [5.74, 6) is -1.00. The van der Waals surface area contributed by atoms with E-state index in [4.69, 9.17) is 4.52 Å². The molecule has 0 aliphatic heterocycles. The van der Waals surface area contributed by atoms with E-state index in [0.29, 0.717) is 5.69 Å². The predicted octanol–water partition coefficient (Wildman–Crippen LogP) is 3.72. The molecule has 3 aromatic rings. The van der Waals surface area contributed by atoms with Crippen molar-refractivity contribution < 1.29 is 21.7 Å². The molecule has 0 N–H and O–H groups in total. The molecule has 5 nitrogen and oxygen atoms in total. The van der Waals surface area contributed by atoms with Crippen molar-refractivity contribution in [1.29, 1.82) is 0 Å². The molecular weight excluding hydrogens is 350 g/mol. The first-order valence-electron chi connectivity index (χ1n) is 7.30. The fourth-order valence-corrected chi connectivity index (χ4v) is 3.25. The smallest absolute Gasteiger partial charge is 0.178 e. The number of sulfone groups is 1. The topological polar surface area (TPSA) is 73.1 Å². The molecule has 130 valence electrons. The highest BCUT2D eigenvalue weighted by Gasteiger charge is 2.22. The molecule has 0 aliphatic rings. The van der Waals surface area contributed by atoms with Gasteiger partial charge in [-0.05, 0) is 36.8 Å². The summed E-state index contributed by atoms with van der Waals surface area (Å²) in [6, 6.07) is 8.80. The molecule has 0 radical (unpaired) electrons. The minimum atomic E-state index is -3.70. The van der Waals surface area contributed by atoms with Gasteiger partial charge < -0.3 is 4.52 Å². The monoisotopic (exact) mass is 364 g/mol. The molecular formula is C17H14F2N2O3S. The number of halogens is 2. The van der Waals surface area contributed by atoms with E-state index >= 15 is 0 Å². The Morgan fingerprint density at radius 2 is 1.96 bits per heavy atom. The molecule has 2 heterocycles. The number of hydrogen-bond donors (Lipinski definition) is 0. The number of hydrogen-bond acceptors (Lipinski definition) is 5. The SMILES string of the molecule is Cc1cccc(-c2noc(CF)c2-c2ccc(S(C)(=O)=O)c(F)c2)n1. The normalized spacial score (nSPS) is 11.7. The van der Waals surface area contributed by atoms with Crippen LogP contribution in [-0.4, -0.2) is 24.8 Å². The van der Waals surface area contributed by atoms with Gasteiger partial charge in [0, 0.05) is 11.9 Å². The van der Waals surface area contributed by atoms with Crippen molar-refractivity contribution >= 4 is 9.84 Å². The molecule has 8 heteroatoms. The number of aromatic nitrogens is 2. The van der Waals surface area contributed by atoms with Crippen molar-refractivity contribution in [2.24, 2.45) is 0 Å². The lowest BCUT2D eigenvalue weighted by Crippen LogP contribution is -2.01. The third-order valence-electron chi connectivity index (χ3n) is 3.64. The van der Waals surface area contributed by atoms with Crippen LogP contribution >= 0.6 is 0 Å². The summed E-state index contributed by atoms with van der Waals surface area (Å²) in [6.45, 7) is 0.851. The maximum atomic E-state index is 14.2. The van der Waals surface area contributed by atoms with Gasteiger partial charge in [0.05, 0.1) is 11.3 Å². The van der Waals surface area contributed by atoms with Gasteiger partial charge in [-0.2, -0.15) is 0 Å². The number of benzene rings is 1. The Balaban J connectivity index is 2.21. The lowest BCUT2D eigenvalue weighted by atomic mass is 10.0. The zero-order chi connectivity index (χ0) is 18.2. The van der Waals surface area contributed by atoms with E-state index in [9.17, 15) is 17.2 Å². The number of aryl methyl sites for hydroxylation is 1. The van der Waals surface area contributed by atoms with Crippen LogP contribution in [0.1, 0.15) is 11.5 Å². The van der Waals surface area contributed by atoms with Crippen molar-refractivity contribution in [3.05, 3.63) is 53.7 Å². The quantitative estimate of drug-likeness (QED) is 0.705. The maximum absolute atomic E-state index is 14.2. The van der Waals surface area contributed by atoms with Gasteiger partial charge in [-0.3, -0.25) is 4.98 Å². The lowest BCUT2D eigenvalue weighted by molar-refractivity contribution is 0.332. The van der Waals surface area contributed by atoms with Gasteiger partial charge in [-0.15, -0.1) is 0 Å². The second-order valence-corrected chi connectivity index (χ2v) is 7.53. The summed E-state index contributed by atoms with van der Waals surface area (Å²) >= 11 is 0. The van der Waals surface area contributed by atoms with Gasteiger partial charge >= 0.3 is 0 Å². The van der Waals surface area contributed by atoms with Crippen LogP contribution in [0.5, 0.6) is 0 Å². The molecule has 0 saturated heterocycles. The van der Waals surface area contributed by atoms with Gasteiger partial charge in [0.15, 0.2) is 22.3 Å². The highest BCUT2D eigenvalue weighted by molar-refractivity contribution is 7.90. The average molecular weight is 364 g/mol. The first-order valence-corrected chi connectivity index (χ1v) is 9.19. The number of pyridine rings is 1. The van der Waals surface area contributed by atoms with Crippen molar-refractivity contribution in [3.63, 3.8) is 0 Å². The summed E-state index contributed by atoms with van der Waals surface area (Å²) in [5, 5.41) is 3.86. The van der Waals surface area contributed by atoms with Crippen LogP contribution in [0.4, 0.5) is 8.78 Å². The van der Waals surface area contributed by atoms with Crippen molar-refractivity contribution in [2.45, 2.75) is 18.5 Å². The minimum absolute atomic E-state index is 0.0789. The Kier molecular flexibility index (Phi) is 4.38. The summed E-state index contributed by atoms with van der Waals surface area (Å²) in [6.07, 6.45) is 0.916. The van der Waals surface area contributed by atoms with Crippen LogP contribution in [0.3, 0.4) is 0 Å². The molecule has 0 bridgehead atoms. The van der Waals surface area contributed by atoms with Crippen molar-refractivity contribution in [2.75, 3.05) is 6.26 Å². The fraction of sp³-hybridized carbons (Fsp3) is 0.176. The predicted molar refractivity (Wildman–Crippen MR) is 87.8 cm³/mol. The van der Waals surface area contributed by atoms with Crippen LogP contribution in [0, 0.1) is 12.7 Å². The summed E-state index contributed by atoms with van der Waals surface area (Å²) in [5.41, 5.74) is 1.96. The van der Waals surface area contributed by atoms with Crippen molar-refractivity contribution in [3.8, 4) is 22.5 Å². The van der Waals surface area contributed by atoms with E-state index < -0.39 is 27.2 Å². The summed E-state index contributed by atoms with van der Waals surface area (Å²) in [4.78, 5) is 3.90. The highest BCUT2D eigenvalue weighted by atomic mass is 32.2. The van der Waals surface area contributed by atoms with E-state index in [-0.39, 0.29) is 22.6 Å². The number of nitrogens with zero attached hydrogens (tertiary/aromatic N) is 2. The summed E-state index contributed by atoms with van der Waals surface area (Å²) in [7, 11) is -3.70. The lowest BCUT2D eigenvalue weighted by Gasteiger charge is -2.06. The molecule has 0 fully saturated rings. The third kappa shape index (κ3) is 3.30. The largest absolute Gasteiger partial charge is 0.357 e. The molecule has 0 atom stereocenters. The molecule has 0 aliphatic carbocycles. The van der Waals surface area contributed by atoms with Crippen LogP contribution < -0.4 is 0 Å². The Morgan fingerprint density at radius 3 is 2.56 bits per heavy atom. The van der Waals surface area contributed by atoms with E-state index in [0.717, 1.165) is 24.1 Å². The molecule has 0 spiro atoms. The molecule has 3 rings (SSSR count). The van der Waals surface area contributed by atoms with Gasteiger partial charge in [0.25, 0.3) is 0 Å². The third-order valence-corrected chi connectivity index (χ3v) is 4.77. The van der Waals surface area contributed by atoms with Crippen LogP contribution in [0.2, 0.25) is 0 Å². The maximum Gasteiger partial charge on any atom is 0.178 e. The number of alkyl halides is 1. The molecule has 0 unspecified atom stereocenters. The first-order chi connectivity index (χ1) is 11.8. The molecule has 0 amide bonds. The molecule has 25 heavy (non-hydrogen) atoms. The molecule has 2 aromatic heterocycles. The van der Waals surface area contributed by atoms with E-state index in [1.54, 1.807) is 25.1 Å². The van der Waals surface area contributed by atoms with Gasteiger partial charge in [0.2, 0.25) is 0 Å². The van der Waals surface area contributed by atoms with E-state index in [2.05, 4.69) is 10.1 Å². The Hall–Kier alpha value is -2.61. The minimum Gasteiger partial charge on any atom is -0.357 e. The first kappa shape index (κ1) is 17.2. The van der Waals surface area contributed by atoms with Crippen molar-refractivity contribution in [1.82, 2.24) is 10.1 Å². The van der Waals surface area contributed by atoms with Crippen LogP contribution in [0.15, 0.2) is 45.8 Å².